The molecule has 0 saturated carbocycles. The van der Waals surface area contributed by atoms with Crippen molar-refractivity contribution in [1.29, 1.82) is 0 Å². The Hall–Kier alpha value is -2.62. The maximum atomic E-state index is 4.40. The van der Waals surface area contributed by atoms with Crippen molar-refractivity contribution in [2.75, 3.05) is 5.32 Å². The van der Waals surface area contributed by atoms with E-state index in [-0.39, 0.29) is 0 Å². The van der Waals surface area contributed by atoms with Gasteiger partial charge in [0.1, 0.15) is 0 Å². The molecule has 0 aliphatic heterocycles. The molecular formula is C17H18N4. The highest BCUT2D eigenvalue weighted by molar-refractivity contribution is 5.44. The van der Waals surface area contributed by atoms with Gasteiger partial charge >= 0.3 is 0 Å². The van der Waals surface area contributed by atoms with E-state index in [1.807, 2.05) is 30.6 Å². The van der Waals surface area contributed by atoms with Crippen molar-refractivity contribution in [3.8, 4) is 5.82 Å². The Morgan fingerprint density at radius 3 is 2.67 bits per heavy atom. The van der Waals surface area contributed by atoms with Crippen LogP contribution in [0.2, 0.25) is 0 Å². The molecule has 4 nitrogen and oxygen atoms in total. The Morgan fingerprint density at radius 2 is 2.00 bits per heavy atom. The third-order valence-corrected chi connectivity index (χ3v) is 3.55. The van der Waals surface area contributed by atoms with Gasteiger partial charge in [0.15, 0.2) is 5.82 Å². The lowest BCUT2D eigenvalue weighted by Gasteiger charge is -2.09. The smallest absolute Gasteiger partial charge is 0.153 e. The van der Waals surface area contributed by atoms with E-state index in [1.54, 1.807) is 10.9 Å². The maximum Gasteiger partial charge on any atom is 0.153 e. The van der Waals surface area contributed by atoms with Crippen LogP contribution in [0.5, 0.6) is 0 Å². The number of hydrogen-bond donors (Lipinski definition) is 1. The van der Waals surface area contributed by atoms with E-state index in [0.29, 0.717) is 0 Å². The number of hydrogen-bond acceptors (Lipinski definition) is 3. The van der Waals surface area contributed by atoms with Gasteiger partial charge in [-0.25, -0.2) is 9.67 Å². The van der Waals surface area contributed by atoms with Crippen LogP contribution in [0.15, 0.2) is 55.0 Å². The summed E-state index contributed by atoms with van der Waals surface area (Å²) in [6.07, 6.45) is 5.45. The van der Waals surface area contributed by atoms with Crippen LogP contribution in [-0.2, 0) is 6.54 Å². The predicted molar refractivity (Wildman–Crippen MR) is 84.6 cm³/mol. The van der Waals surface area contributed by atoms with Gasteiger partial charge in [-0.05, 0) is 48.7 Å². The third kappa shape index (κ3) is 3.11. The summed E-state index contributed by atoms with van der Waals surface area (Å²) >= 11 is 0. The summed E-state index contributed by atoms with van der Waals surface area (Å²) in [5, 5.41) is 7.55. The van der Waals surface area contributed by atoms with Crippen LogP contribution >= 0.6 is 0 Å². The molecular weight excluding hydrogens is 260 g/mol. The topological polar surface area (TPSA) is 42.7 Å². The van der Waals surface area contributed by atoms with Gasteiger partial charge in [-0.3, -0.25) is 0 Å². The number of anilines is 1. The fraction of sp³-hybridized carbons (Fsp3) is 0.176. The summed E-state index contributed by atoms with van der Waals surface area (Å²) in [6.45, 7) is 5.06. The standard InChI is InChI=1S/C17H18N4/c1-13-4-5-15(10-14(13)2)11-18-16-6-7-17(19-12-16)21-9-3-8-20-21/h3-10,12,18H,11H2,1-2H3. The Labute approximate surface area is 124 Å². The monoisotopic (exact) mass is 278 g/mol. The van der Waals surface area contributed by atoms with Crippen molar-refractivity contribution in [2.45, 2.75) is 20.4 Å². The lowest BCUT2D eigenvalue weighted by molar-refractivity contribution is 0.847. The van der Waals surface area contributed by atoms with Gasteiger partial charge in [0.2, 0.25) is 0 Å². The van der Waals surface area contributed by atoms with E-state index in [4.69, 9.17) is 0 Å². The summed E-state index contributed by atoms with van der Waals surface area (Å²) in [7, 11) is 0. The first-order valence-corrected chi connectivity index (χ1v) is 6.98. The molecule has 106 valence electrons. The highest BCUT2D eigenvalue weighted by Gasteiger charge is 2.00. The van der Waals surface area contributed by atoms with Crippen molar-refractivity contribution in [1.82, 2.24) is 14.8 Å². The number of rotatable bonds is 4. The Kier molecular flexibility index (Phi) is 3.69. The molecule has 0 bridgehead atoms. The molecule has 3 rings (SSSR count). The number of pyridine rings is 1. The van der Waals surface area contributed by atoms with Crippen molar-refractivity contribution >= 4 is 5.69 Å². The number of nitrogens with one attached hydrogen (secondary N) is 1. The first-order valence-electron chi connectivity index (χ1n) is 6.98. The van der Waals surface area contributed by atoms with E-state index >= 15 is 0 Å². The molecule has 0 radical (unpaired) electrons. The van der Waals surface area contributed by atoms with Gasteiger partial charge in [0.05, 0.1) is 11.9 Å². The summed E-state index contributed by atoms with van der Waals surface area (Å²) in [4.78, 5) is 4.40. The first-order chi connectivity index (χ1) is 10.2. The molecule has 1 N–H and O–H groups in total. The molecule has 4 heteroatoms. The van der Waals surface area contributed by atoms with Crippen LogP contribution < -0.4 is 5.32 Å². The highest BCUT2D eigenvalue weighted by Crippen LogP contribution is 2.13. The van der Waals surface area contributed by atoms with Crippen LogP contribution in [0, 0.1) is 13.8 Å². The molecule has 0 saturated heterocycles. The zero-order chi connectivity index (χ0) is 14.7. The largest absolute Gasteiger partial charge is 0.380 e. The van der Waals surface area contributed by atoms with Crippen molar-refractivity contribution in [3.05, 3.63) is 71.7 Å². The molecule has 3 aromatic rings. The molecule has 0 fully saturated rings. The van der Waals surface area contributed by atoms with E-state index in [0.717, 1.165) is 18.1 Å². The van der Waals surface area contributed by atoms with Crippen molar-refractivity contribution < 1.29 is 0 Å². The number of benzene rings is 1. The fourth-order valence-electron chi connectivity index (χ4n) is 2.15. The van der Waals surface area contributed by atoms with Gasteiger partial charge in [-0.15, -0.1) is 0 Å². The lowest BCUT2D eigenvalue weighted by Crippen LogP contribution is -2.02. The maximum absolute atomic E-state index is 4.40. The van der Waals surface area contributed by atoms with Crippen molar-refractivity contribution in [2.24, 2.45) is 0 Å². The minimum absolute atomic E-state index is 0.796. The van der Waals surface area contributed by atoms with E-state index in [1.165, 1.54) is 16.7 Å². The second-order valence-electron chi connectivity index (χ2n) is 5.13. The Bertz CT molecular complexity index is 715. The van der Waals surface area contributed by atoms with Crippen molar-refractivity contribution in [3.63, 3.8) is 0 Å². The molecule has 0 aliphatic rings. The van der Waals surface area contributed by atoms with E-state index in [9.17, 15) is 0 Å². The average molecular weight is 278 g/mol. The summed E-state index contributed by atoms with van der Waals surface area (Å²) in [6, 6.07) is 12.4. The second-order valence-corrected chi connectivity index (χ2v) is 5.13. The lowest BCUT2D eigenvalue weighted by atomic mass is 10.1. The quantitative estimate of drug-likeness (QED) is 0.794. The normalized spacial score (nSPS) is 10.6. The predicted octanol–water partition coefficient (Wildman–Crippen LogP) is 3.50. The number of aryl methyl sites for hydroxylation is 2. The van der Waals surface area contributed by atoms with Crippen LogP contribution in [0.4, 0.5) is 5.69 Å². The van der Waals surface area contributed by atoms with Crippen LogP contribution in [0.25, 0.3) is 5.82 Å². The van der Waals surface area contributed by atoms with Gasteiger partial charge in [-0.2, -0.15) is 5.10 Å². The molecule has 21 heavy (non-hydrogen) atoms. The van der Waals surface area contributed by atoms with Gasteiger partial charge < -0.3 is 5.32 Å². The molecule has 0 atom stereocenters. The molecule has 2 aromatic heterocycles. The summed E-state index contributed by atoms with van der Waals surface area (Å²) in [5.74, 6) is 0.816. The van der Waals surface area contributed by atoms with Crippen LogP contribution in [0.3, 0.4) is 0 Å². The van der Waals surface area contributed by atoms with Gasteiger partial charge in [0, 0.05) is 18.9 Å². The zero-order valence-corrected chi connectivity index (χ0v) is 12.2. The molecule has 0 spiro atoms. The minimum atomic E-state index is 0.796. The minimum Gasteiger partial charge on any atom is -0.380 e. The zero-order valence-electron chi connectivity index (χ0n) is 12.2. The first kappa shape index (κ1) is 13.4. The number of aromatic nitrogens is 3. The number of nitrogens with zero attached hydrogens (tertiary/aromatic N) is 3. The van der Waals surface area contributed by atoms with Gasteiger partial charge in [0.25, 0.3) is 0 Å². The SMILES string of the molecule is Cc1ccc(CNc2ccc(-n3cccn3)nc2)cc1C. The molecule has 2 heterocycles. The average Bonchev–Trinajstić information content (AvgIpc) is 3.03. The highest BCUT2D eigenvalue weighted by atomic mass is 15.3. The van der Waals surface area contributed by atoms with Crippen LogP contribution in [-0.4, -0.2) is 14.8 Å². The van der Waals surface area contributed by atoms with Gasteiger partial charge in [-0.1, -0.05) is 18.2 Å². The molecule has 1 aromatic carbocycles. The Morgan fingerprint density at radius 1 is 1.10 bits per heavy atom. The summed E-state index contributed by atoms with van der Waals surface area (Å²) < 4.78 is 1.74. The third-order valence-electron chi connectivity index (χ3n) is 3.55. The summed E-state index contributed by atoms with van der Waals surface area (Å²) in [5.41, 5.74) is 4.92. The fourth-order valence-corrected chi connectivity index (χ4v) is 2.15. The molecule has 0 amide bonds. The molecule has 0 aliphatic carbocycles. The Balaban J connectivity index is 1.66. The molecule has 0 unspecified atom stereocenters. The second kappa shape index (κ2) is 5.79. The van der Waals surface area contributed by atoms with E-state index in [2.05, 4.69) is 47.4 Å². The van der Waals surface area contributed by atoms with Crippen LogP contribution in [0.1, 0.15) is 16.7 Å². The van der Waals surface area contributed by atoms with E-state index < -0.39 is 0 Å².